The van der Waals surface area contributed by atoms with Gasteiger partial charge in [-0.05, 0) is 30.8 Å². The Labute approximate surface area is 163 Å². The van der Waals surface area contributed by atoms with E-state index in [0.717, 1.165) is 43.7 Å². The lowest BCUT2D eigenvalue weighted by Crippen LogP contribution is -2.27. The predicted octanol–water partition coefficient (Wildman–Crippen LogP) is 4.39. The summed E-state index contributed by atoms with van der Waals surface area (Å²) in [6, 6.07) is 12.9. The summed E-state index contributed by atoms with van der Waals surface area (Å²) in [5.74, 6) is 0. The van der Waals surface area contributed by atoms with E-state index in [1.807, 2.05) is 24.5 Å². The van der Waals surface area contributed by atoms with E-state index in [1.54, 1.807) is 11.3 Å². The van der Waals surface area contributed by atoms with Crippen LogP contribution < -0.4 is 0 Å². The van der Waals surface area contributed by atoms with Crippen LogP contribution in [0.2, 0.25) is 0 Å². The third-order valence-corrected chi connectivity index (χ3v) is 6.34. The van der Waals surface area contributed by atoms with Gasteiger partial charge in [0.05, 0.1) is 10.7 Å². The zero-order chi connectivity index (χ0) is 18.2. The van der Waals surface area contributed by atoms with Gasteiger partial charge in [0, 0.05) is 72.4 Å². The summed E-state index contributed by atoms with van der Waals surface area (Å²) in [4.78, 5) is 11.4. The van der Waals surface area contributed by atoms with Crippen LogP contribution in [-0.4, -0.2) is 33.0 Å². The van der Waals surface area contributed by atoms with Gasteiger partial charge in [-0.1, -0.05) is 18.2 Å². The molecule has 5 heteroatoms. The largest absolute Gasteiger partial charge is 0.344 e. The Morgan fingerprint density at radius 3 is 2.85 bits per heavy atom. The van der Waals surface area contributed by atoms with Gasteiger partial charge in [-0.15, -0.1) is 11.3 Å². The van der Waals surface area contributed by atoms with E-state index in [-0.39, 0.29) is 0 Å². The molecule has 0 atom stereocenters. The van der Waals surface area contributed by atoms with Crippen LogP contribution in [0.1, 0.15) is 16.3 Å². The van der Waals surface area contributed by atoms with Gasteiger partial charge in [0.2, 0.25) is 0 Å². The molecule has 136 valence electrons. The number of thiazole rings is 1. The van der Waals surface area contributed by atoms with E-state index in [1.165, 1.54) is 27.2 Å². The number of nitrogens with zero attached hydrogens (tertiary/aromatic N) is 4. The highest BCUT2D eigenvalue weighted by Gasteiger charge is 2.22. The summed E-state index contributed by atoms with van der Waals surface area (Å²) in [6.07, 6.45) is 5.74. The Bertz CT molecular complexity index is 1080. The molecular formula is C22H22N4S. The first-order valence-electron chi connectivity index (χ1n) is 9.42. The molecule has 0 saturated heterocycles. The zero-order valence-electron chi connectivity index (χ0n) is 15.4. The summed E-state index contributed by atoms with van der Waals surface area (Å²) >= 11 is 1.76. The number of likely N-dealkylation sites (N-methyl/N-ethyl adjacent to an activating group) is 1. The standard InChI is InChI=1S/C22H22N4S/c1-25-12-8-21-18(14-25)17-4-2-3-5-20(17)26(21)13-9-22-24-19(15-27-22)16-6-10-23-11-7-16/h2-7,10-11,15H,8-9,12-14H2,1H3. The average molecular weight is 375 g/mol. The van der Waals surface area contributed by atoms with E-state index in [2.05, 4.69) is 51.1 Å². The number of hydrogen-bond acceptors (Lipinski definition) is 4. The van der Waals surface area contributed by atoms with Crippen LogP contribution in [0, 0.1) is 0 Å². The first kappa shape index (κ1) is 16.7. The van der Waals surface area contributed by atoms with Crippen molar-refractivity contribution in [3.63, 3.8) is 0 Å². The van der Waals surface area contributed by atoms with Gasteiger partial charge in [0.15, 0.2) is 0 Å². The summed E-state index contributed by atoms with van der Waals surface area (Å²) in [5.41, 5.74) is 6.58. The molecule has 0 N–H and O–H groups in total. The van der Waals surface area contributed by atoms with Crippen molar-refractivity contribution in [3.8, 4) is 11.3 Å². The molecule has 1 aliphatic rings. The molecule has 0 saturated carbocycles. The van der Waals surface area contributed by atoms with Gasteiger partial charge in [0.1, 0.15) is 0 Å². The van der Waals surface area contributed by atoms with Crippen molar-refractivity contribution < 1.29 is 0 Å². The summed E-state index contributed by atoms with van der Waals surface area (Å²) in [7, 11) is 2.21. The van der Waals surface area contributed by atoms with Crippen molar-refractivity contribution >= 4 is 22.2 Å². The van der Waals surface area contributed by atoms with Crippen LogP contribution in [-0.2, 0) is 25.9 Å². The van der Waals surface area contributed by atoms with Crippen molar-refractivity contribution in [2.75, 3.05) is 13.6 Å². The number of aromatic nitrogens is 3. The molecule has 0 unspecified atom stereocenters. The Balaban J connectivity index is 1.44. The highest BCUT2D eigenvalue weighted by molar-refractivity contribution is 7.09. The first-order chi connectivity index (χ1) is 13.3. The van der Waals surface area contributed by atoms with Gasteiger partial charge < -0.3 is 9.47 Å². The second-order valence-electron chi connectivity index (χ2n) is 7.19. The molecule has 0 aliphatic carbocycles. The SMILES string of the molecule is CN1CCc2c(c3ccccc3n2CCc2nc(-c3ccncc3)cs2)C1. The molecule has 0 radical (unpaired) electrons. The maximum absolute atomic E-state index is 4.85. The fourth-order valence-electron chi connectivity index (χ4n) is 4.08. The predicted molar refractivity (Wildman–Crippen MR) is 111 cm³/mol. The zero-order valence-corrected chi connectivity index (χ0v) is 16.2. The van der Waals surface area contributed by atoms with Crippen molar-refractivity contribution in [1.82, 2.24) is 19.4 Å². The van der Waals surface area contributed by atoms with Gasteiger partial charge in [0.25, 0.3) is 0 Å². The lowest BCUT2D eigenvalue weighted by Gasteiger charge is -2.24. The average Bonchev–Trinajstić information content (AvgIpc) is 3.30. The number of hydrogen-bond donors (Lipinski definition) is 0. The maximum atomic E-state index is 4.85. The van der Waals surface area contributed by atoms with Crippen LogP contribution in [0.15, 0.2) is 54.2 Å². The van der Waals surface area contributed by atoms with Gasteiger partial charge in [-0.25, -0.2) is 4.98 Å². The van der Waals surface area contributed by atoms with Crippen LogP contribution in [0.4, 0.5) is 0 Å². The van der Waals surface area contributed by atoms with Crippen molar-refractivity contribution in [1.29, 1.82) is 0 Å². The van der Waals surface area contributed by atoms with Crippen molar-refractivity contribution in [3.05, 3.63) is 70.4 Å². The van der Waals surface area contributed by atoms with Gasteiger partial charge in [-0.2, -0.15) is 0 Å². The smallest absolute Gasteiger partial charge is 0.0950 e. The van der Waals surface area contributed by atoms with E-state index in [4.69, 9.17) is 4.98 Å². The van der Waals surface area contributed by atoms with Crippen molar-refractivity contribution in [2.45, 2.75) is 25.9 Å². The molecular weight excluding hydrogens is 352 g/mol. The summed E-state index contributed by atoms with van der Waals surface area (Å²) in [5, 5.41) is 4.76. The van der Waals surface area contributed by atoms with Crippen LogP contribution in [0.25, 0.3) is 22.2 Å². The molecule has 0 fully saturated rings. The van der Waals surface area contributed by atoms with Crippen molar-refractivity contribution in [2.24, 2.45) is 0 Å². The number of pyridine rings is 1. The fraction of sp³-hybridized carbons (Fsp3) is 0.273. The molecule has 3 aromatic heterocycles. The van der Waals surface area contributed by atoms with E-state index < -0.39 is 0 Å². The third kappa shape index (κ3) is 3.07. The highest BCUT2D eigenvalue weighted by Crippen LogP contribution is 2.31. The van der Waals surface area contributed by atoms with E-state index >= 15 is 0 Å². The number of para-hydroxylation sites is 1. The molecule has 0 bridgehead atoms. The third-order valence-electron chi connectivity index (χ3n) is 5.43. The van der Waals surface area contributed by atoms with E-state index in [9.17, 15) is 0 Å². The molecule has 4 aromatic rings. The molecule has 5 rings (SSSR count). The van der Waals surface area contributed by atoms with Gasteiger partial charge >= 0.3 is 0 Å². The molecule has 1 aliphatic heterocycles. The molecule has 27 heavy (non-hydrogen) atoms. The Morgan fingerprint density at radius 1 is 1.11 bits per heavy atom. The summed E-state index contributed by atoms with van der Waals surface area (Å²) < 4.78 is 2.53. The number of fused-ring (bicyclic) bond motifs is 3. The van der Waals surface area contributed by atoms with Crippen LogP contribution >= 0.6 is 11.3 Å². The minimum absolute atomic E-state index is 0.969. The minimum atomic E-state index is 0.969. The summed E-state index contributed by atoms with van der Waals surface area (Å²) in [6.45, 7) is 3.17. The molecule has 4 heterocycles. The highest BCUT2D eigenvalue weighted by atomic mass is 32.1. The van der Waals surface area contributed by atoms with Crippen LogP contribution in [0.5, 0.6) is 0 Å². The van der Waals surface area contributed by atoms with Gasteiger partial charge in [-0.3, -0.25) is 4.98 Å². The quantitative estimate of drug-likeness (QED) is 0.531. The Morgan fingerprint density at radius 2 is 1.96 bits per heavy atom. The second-order valence-corrected chi connectivity index (χ2v) is 8.14. The number of rotatable bonds is 4. The molecule has 0 spiro atoms. The minimum Gasteiger partial charge on any atom is -0.344 e. The van der Waals surface area contributed by atoms with E-state index in [0.29, 0.717) is 0 Å². The Kier molecular flexibility index (Phi) is 4.26. The fourth-order valence-corrected chi connectivity index (χ4v) is 4.88. The lowest BCUT2D eigenvalue weighted by molar-refractivity contribution is 0.309. The molecule has 4 nitrogen and oxygen atoms in total. The Hall–Kier alpha value is -2.50. The van der Waals surface area contributed by atoms with Crippen LogP contribution in [0.3, 0.4) is 0 Å². The normalized spacial score (nSPS) is 14.6. The molecule has 0 amide bonds. The topological polar surface area (TPSA) is 34.0 Å². The number of benzene rings is 1. The lowest BCUT2D eigenvalue weighted by atomic mass is 10.1. The first-order valence-corrected chi connectivity index (χ1v) is 10.3. The second kappa shape index (κ2) is 6.91. The molecule has 1 aromatic carbocycles. The number of aryl methyl sites for hydroxylation is 2. The maximum Gasteiger partial charge on any atom is 0.0950 e. The monoisotopic (exact) mass is 374 g/mol.